The van der Waals surface area contributed by atoms with E-state index in [0.29, 0.717) is 11.6 Å². The van der Waals surface area contributed by atoms with Crippen LogP contribution in [0.2, 0.25) is 0 Å². The van der Waals surface area contributed by atoms with E-state index in [1.54, 1.807) is 0 Å². The van der Waals surface area contributed by atoms with Crippen LogP contribution in [0.25, 0.3) is 105 Å². The standard InChI is InChI=1S/C51H32N4O2/c1-3-13-31(14-4-1)49-52-50(32-15-5-2-6-16-32)54-51(53-49)40-20-12-24-44-48(40)38-27-25-33(29-45(38)56-44)35-19-11-23-43-47(35)39-28-26-34(30-46(39)57-43)55-41-21-9-7-17-36(41)37-18-8-10-22-42(37)55/h1-15,17-30,32H,16H2. The van der Waals surface area contributed by atoms with Crippen molar-refractivity contribution >= 4 is 65.7 Å². The number of aromatic nitrogens is 4. The third-order valence-electron chi connectivity index (χ3n) is 11.4. The highest BCUT2D eigenvalue weighted by atomic mass is 16.3. The van der Waals surface area contributed by atoms with Crippen molar-refractivity contribution in [3.63, 3.8) is 0 Å². The van der Waals surface area contributed by atoms with E-state index in [-0.39, 0.29) is 5.92 Å². The molecule has 0 N–H and O–H groups in total. The first-order valence-corrected chi connectivity index (χ1v) is 19.3. The van der Waals surface area contributed by atoms with Crippen molar-refractivity contribution in [2.45, 2.75) is 12.3 Å². The van der Waals surface area contributed by atoms with E-state index in [0.717, 1.165) is 84.1 Å². The molecule has 7 aromatic carbocycles. The van der Waals surface area contributed by atoms with E-state index in [2.05, 4.69) is 138 Å². The molecule has 0 aliphatic heterocycles. The van der Waals surface area contributed by atoms with Crippen LogP contribution < -0.4 is 0 Å². The van der Waals surface area contributed by atoms with Crippen molar-refractivity contribution in [1.82, 2.24) is 19.5 Å². The summed E-state index contributed by atoms with van der Waals surface area (Å²) in [6, 6.07) is 52.7. The van der Waals surface area contributed by atoms with Gasteiger partial charge in [0.05, 0.1) is 11.0 Å². The number of rotatable bonds is 5. The van der Waals surface area contributed by atoms with Crippen molar-refractivity contribution in [3.05, 3.63) is 182 Å². The summed E-state index contributed by atoms with van der Waals surface area (Å²) < 4.78 is 15.6. The molecule has 0 fully saturated rings. The average Bonchev–Trinajstić information content (AvgIpc) is 3.96. The lowest BCUT2D eigenvalue weighted by molar-refractivity contribution is 0.668. The Morgan fingerprint density at radius 1 is 0.474 bits per heavy atom. The van der Waals surface area contributed by atoms with Gasteiger partial charge in [0, 0.05) is 61.1 Å². The molecule has 0 saturated carbocycles. The van der Waals surface area contributed by atoms with Crippen LogP contribution in [0.15, 0.2) is 185 Å². The number of benzene rings is 7. The highest BCUT2D eigenvalue weighted by Gasteiger charge is 2.22. The molecule has 1 aliphatic rings. The molecule has 1 aliphatic carbocycles. The van der Waals surface area contributed by atoms with E-state index in [9.17, 15) is 0 Å². The number of hydrogen-bond donors (Lipinski definition) is 0. The molecule has 6 nitrogen and oxygen atoms in total. The van der Waals surface area contributed by atoms with Gasteiger partial charge in [-0.25, -0.2) is 15.0 Å². The zero-order valence-corrected chi connectivity index (χ0v) is 30.6. The van der Waals surface area contributed by atoms with Gasteiger partial charge >= 0.3 is 0 Å². The molecule has 57 heavy (non-hydrogen) atoms. The fourth-order valence-electron chi connectivity index (χ4n) is 8.74. The smallest absolute Gasteiger partial charge is 0.164 e. The van der Waals surface area contributed by atoms with E-state index in [1.807, 2.05) is 42.5 Å². The summed E-state index contributed by atoms with van der Waals surface area (Å²) in [5.41, 5.74) is 10.7. The van der Waals surface area contributed by atoms with Crippen LogP contribution in [0.3, 0.4) is 0 Å². The predicted octanol–water partition coefficient (Wildman–Crippen LogP) is 13.4. The summed E-state index contributed by atoms with van der Waals surface area (Å²) in [7, 11) is 0. The Labute approximate surface area is 326 Å². The molecule has 0 bridgehead atoms. The molecule has 1 unspecified atom stereocenters. The summed E-state index contributed by atoms with van der Waals surface area (Å²) in [6.07, 6.45) is 9.31. The van der Waals surface area contributed by atoms with E-state index in [4.69, 9.17) is 23.8 Å². The van der Waals surface area contributed by atoms with Crippen LogP contribution in [-0.2, 0) is 0 Å². The minimum Gasteiger partial charge on any atom is -0.456 e. The van der Waals surface area contributed by atoms with Gasteiger partial charge in [-0.1, -0.05) is 121 Å². The van der Waals surface area contributed by atoms with Crippen molar-refractivity contribution in [2.24, 2.45) is 0 Å². The zero-order chi connectivity index (χ0) is 37.5. The van der Waals surface area contributed by atoms with Gasteiger partial charge in [0.15, 0.2) is 11.6 Å². The number of hydrogen-bond acceptors (Lipinski definition) is 5. The Kier molecular flexibility index (Phi) is 6.95. The third-order valence-corrected chi connectivity index (χ3v) is 11.4. The normalized spacial score (nSPS) is 14.3. The van der Waals surface area contributed by atoms with Crippen LogP contribution in [-0.4, -0.2) is 19.5 Å². The average molecular weight is 733 g/mol. The fraction of sp³-hybridized carbons (Fsp3) is 0.0392. The molecule has 0 spiro atoms. The van der Waals surface area contributed by atoms with Crippen LogP contribution in [0.5, 0.6) is 0 Å². The van der Waals surface area contributed by atoms with Crippen LogP contribution in [0.1, 0.15) is 18.2 Å². The molecular weight excluding hydrogens is 701 g/mol. The summed E-state index contributed by atoms with van der Waals surface area (Å²) >= 11 is 0. The topological polar surface area (TPSA) is 69.9 Å². The summed E-state index contributed by atoms with van der Waals surface area (Å²) in [4.78, 5) is 15.1. The van der Waals surface area contributed by atoms with E-state index >= 15 is 0 Å². The molecule has 6 heteroatoms. The fourth-order valence-corrected chi connectivity index (χ4v) is 8.74. The van der Waals surface area contributed by atoms with Gasteiger partial charge in [-0.05, 0) is 66.1 Å². The Balaban J connectivity index is 0.989. The number of allylic oxidation sites excluding steroid dienone is 4. The lowest BCUT2D eigenvalue weighted by Crippen LogP contribution is -2.07. The number of nitrogens with zero attached hydrogens (tertiary/aromatic N) is 4. The first-order chi connectivity index (χ1) is 28.2. The van der Waals surface area contributed by atoms with Crippen molar-refractivity contribution in [2.75, 3.05) is 0 Å². The molecule has 0 amide bonds. The second-order valence-electron chi connectivity index (χ2n) is 14.7. The maximum absolute atomic E-state index is 6.63. The lowest BCUT2D eigenvalue weighted by Gasteiger charge is -2.14. The first-order valence-electron chi connectivity index (χ1n) is 19.3. The van der Waals surface area contributed by atoms with Crippen LogP contribution >= 0.6 is 0 Å². The molecule has 12 rings (SSSR count). The minimum atomic E-state index is 0.0732. The SMILES string of the molecule is C1=CCC(c2nc(-c3ccccc3)nc(-c3cccc4oc5cc(-c6cccc7oc8cc(-n9c%10ccccc%10c%10ccccc%109)ccc8c67)ccc5c34)n2)C=C1. The number of fused-ring (bicyclic) bond motifs is 9. The van der Waals surface area contributed by atoms with Gasteiger partial charge in [0.1, 0.15) is 28.2 Å². The van der Waals surface area contributed by atoms with Gasteiger partial charge in [-0.15, -0.1) is 0 Å². The largest absolute Gasteiger partial charge is 0.456 e. The highest BCUT2D eigenvalue weighted by Crippen LogP contribution is 2.42. The van der Waals surface area contributed by atoms with Gasteiger partial charge < -0.3 is 13.4 Å². The molecule has 0 saturated heterocycles. The van der Waals surface area contributed by atoms with Gasteiger partial charge in [0.25, 0.3) is 0 Å². The summed E-state index contributed by atoms with van der Waals surface area (Å²) in [6.45, 7) is 0. The quantitative estimate of drug-likeness (QED) is 0.176. The Morgan fingerprint density at radius 2 is 1.12 bits per heavy atom. The third kappa shape index (κ3) is 5.00. The van der Waals surface area contributed by atoms with Crippen LogP contribution in [0.4, 0.5) is 0 Å². The van der Waals surface area contributed by atoms with Crippen molar-refractivity contribution in [3.8, 4) is 39.6 Å². The number of furan rings is 2. The molecule has 4 heterocycles. The maximum atomic E-state index is 6.63. The Morgan fingerprint density at radius 3 is 1.86 bits per heavy atom. The molecule has 4 aromatic heterocycles. The second kappa shape index (κ2) is 12.5. The number of para-hydroxylation sites is 2. The Hall–Kier alpha value is -7.57. The molecule has 11 aromatic rings. The molecule has 0 radical (unpaired) electrons. The predicted molar refractivity (Wildman–Crippen MR) is 231 cm³/mol. The molecular formula is C51H32N4O2. The molecule has 1 atom stereocenters. The highest BCUT2D eigenvalue weighted by molar-refractivity contribution is 6.16. The van der Waals surface area contributed by atoms with E-state index in [1.165, 1.54) is 21.8 Å². The van der Waals surface area contributed by atoms with Gasteiger partial charge in [-0.3, -0.25) is 0 Å². The zero-order valence-electron chi connectivity index (χ0n) is 30.6. The van der Waals surface area contributed by atoms with Crippen molar-refractivity contribution in [1.29, 1.82) is 0 Å². The van der Waals surface area contributed by atoms with Gasteiger partial charge in [0.2, 0.25) is 0 Å². The van der Waals surface area contributed by atoms with Crippen molar-refractivity contribution < 1.29 is 8.83 Å². The summed E-state index contributed by atoms with van der Waals surface area (Å²) in [5.74, 6) is 2.13. The monoisotopic (exact) mass is 732 g/mol. The minimum absolute atomic E-state index is 0.0732. The maximum Gasteiger partial charge on any atom is 0.164 e. The van der Waals surface area contributed by atoms with Crippen LogP contribution in [0, 0.1) is 0 Å². The van der Waals surface area contributed by atoms with Gasteiger partial charge in [-0.2, -0.15) is 0 Å². The second-order valence-corrected chi connectivity index (χ2v) is 14.7. The summed E-state index contributed by atoms with van der Waals surface area (Å²) in [5, 5.41) is 6.61. The first kappa shape index (κ1) is 31.7. The molecule has 268 valence electrons. The van der Waals surface area contributed by atoms with E-state index < -0.39 is 0 Å². The lowest BCUT2D eigenvalue weighted by atomic mass is 9.97. The Bertz CT molecular complexity index is 3400.